The Kier molecular flexibility index (Phi) is 2.46. The summed E-state index contributed by atoms with van der Waals surface area (Å²) in [5.41, 5.74) is 1.76. The molecule has 2 rings (SSSR count). The largest absolute Gasteiger partial charge is 0.492 e. The van der Waals surface area contributed by atoms with Crippen LogP contribution in [0.5, 0.6) is 5.75 Å². The van der Waals surface area contributed by atoms with Crippen LogP contribution >= 0.6 is 15.9 Å². The number of rotatable bonds is 1. The smallest absolute Gasteiger partial charge is 0.123 e. The summed E-state index contributed by atoms with van der Waals surface area (Å²) < 4.78 is 6.49. The van der Waals surface area contributed by atoms with E-state index in [1.165, 1.54) is 0 Å². The van der Waals surface area contributed by atoms with Crippen molar-refractivity contribution in [3.05, 3.63) is 28.2 Å². The summed E-state index contributed by atoms with van der Waals surface area (Å²) in [6.07, 6.45) is 0. The lowest BCUT2D eigenvalue weighted by Gasteiger charge is -2.05. The molecule has 1 aromatic carbocycles. The molecule has 1 atom stereocenters. The van der Waals surface area contributed by atoms with Gasteiger partial charge in [-0.1, -0.05) is 21.1 Å². The van der Waals surface area contributed by atoms with E-state index in [1.54, 1.807) is 6.92 Å². The molecule has 0 spiro atoms. The van der Waals surface area contributed by atoms with Gasteiger partial charge in [0.05, 0.1) is 11.6 Å². The lowest BCUT2D eigenvalue weighted by molar-refractivity contribution is 0.310. The van der Waals surface area contributed by atoms with Crippen molar-refractivity contribution in [3.8, 4) is 5.75 Å². The first-order valence-electron chi connectivity index (χ1n) is 4.33. The molecule has 0 bridgehead atoms. The van der Waals surface area contributed by atoms with Gasteiger partial charge in [0.25, 0.3) is 0 Å². The predicted molar refractivity (Wildman–Crippen MR) is 57.3 cm³/mol. The van der Waals surface area contributed by atoms with E-state index in [1.807, 2.05) is 18.2 Å². The third-order valence-corrected chi connectivity index (χ3v) is 2.91. The zero-order valence-corrected chi connectivity index (χ0v) is 9.28. The van der Waals surface area contributed by atoms with Crippen molar-refractivity contribution in [1.82, 2.24) is 0 Å². The topological polar surface area (TPSA) is 41.8 Å². The Morgan fingerprint density at radius 3 is 3.14 bits per heavy atom. The standard InChI is InChI=1S/C10H10BrNO2/c1-6(12-13)9-5-14-10-3-2-7(11)4-8(9)10/h2-4,9,13H,5H2,1H3/b12-6+. The molecule has 3 nitrogen and oxygen atoms in total. The summed E-state index contributed by atoms with van der Waals surface area (Å²) in [5.74, 6) is 0.952. The Balaban J connectivity index is 2.43. The minimum atomic E-state index is 0.0764. The zero-order valence-electron chi connectivity index (χ0n) is 7.70. The second-order valence-electron chi connectivity index (χ2n) is 3.29. The molecule has 1 aliphatic heterocycles. The van der Waals surface area contributed by atoms with Crippen LogP contribution in [0.15, 0.2) is 27.8 Å². The van der Waals surface area contributed by atoms with Crippen molar-refractivity contribution < 1.29 is 9.94 Å². The van der Waals surface area contributed by atoms with Gasteiger partial charge >= 0.3 is 0 Å². The molecular formula is C10H10BrNO2. The first-order chi connectivity index (χ1) is 6.72. The van der Waals surface area contributed by atoms with Crippen LogP contribution in [0, 0.1) is 0 Å². The van der Waals surface area contributed by atoms with Crippen LogP contribution in [0.3, 0.4) is 0 Å². The Morgan fingerprint density at radius 2 is 2.43 bits per heavy atom. The fraction of sp³-hybridized carbons (Fsp3) is 0.300. The number of nitrogens with zero attached hydrogens (tertiary/aromatic N) is 1. The number of fused-ring (bicyclic) bond motifs is 1. The third-order valence-electron chi connectivity index (χ3n) is 2.41. The monoisotopic (exact) mass is 255 g/mol. The van der Waals surface area contributed by atoms with Crippen LogP contribution in [0.1, 0.15) is 18.4 Å². The molecule has 74 valence electrons. The third kappa shape index (κ3) is 1.50. The van der Waals surface area contributed by atoms with Crippen LogP contribution in [-0.2, 0) is 0 Å². The highest BCUT2D eigenvalue weighted by Gasteiger charge is 2.26. The van der Waals surface area contributed by atoms with Gasteiger partial charge in [-0.25, -0.2) is 0 Å². The molecular weight excluding hydrogens is 246 g/mol. The molecule has 14 heavy (non-hydrogen) atoms. The Hall–Kier alpha value is -1.03. The fourth-order valence-electron chi connectivity index (χ4n) is 1.60. The molecule has 0 aliphatic carbocycles. The average Bonchev–Trinajstić information content (AvgIpc) is 2.59. The average molecular weight is 256 g/mol. The van der Waals surface area contributed by atoms with Crippen LogP contribution in [0.4, 0.5) is 0 Å². The van der Waals surface area contributed by atoms with Crippen molar-refractivity contribution in [1.29, 1.82) is 0 Å². The van der Waals surface area contributed by atoms with Gasteiger partial charge in [-0.3, -0.25) is 0 Å². The summed E-state index contributed by atoms with van der Waals surface area (Å²) in [6, 6.07) is 5.86. The molecule has 1 N–H and O–H groups in total. The summed E-state index contributed by atoms with van der Waals surface area (Å²) in [6.45, 7) is 2.35. The van der Waals surface area contributed by atoms with E-state index in [0.717, 1.165) is 15.8 Å². The molecule has 0 radical (unpaired) electrons. The second-order valence-corrected chi connectivity index (χ2v) is 4.20. The maximum atomic E-state index is 8.71. The summed E-state index contributed by atoms with van der Waals surface area (Å²) in [7, 11) is 0. The Morgan fingerprint density at radius 1 is 1.64 bits per heavy atom. The number of hydrogen-bond donors (Lipinski definition) is 1. The van der Waals surface area contributed by atoms with Crippen molar-refractivity contribution in [2.24, 2.45) is 5.16 Å². The van der Waals surface area contributed by atoms with Crippen molar-refractivity contribution >= 4 is 21.6 Å². The number of ether oxygens (including phenoxy) is 1. The maximum absolute atomic E-state index is 8.71. The molecule has 0 saturated carbocycles. The van der Waals surface area contributed by atoms with Crippen molar-refractivity contribution in [2.75, 3.05) is 6.61 Å². The van der Waals surface area contributed by atoms with Crippen LogP contribution in [0.2, 0.25) is 0 Å². The maximum Gasteiger partial charge on any atom is 0.123 e. The molecule has 1 heterocycles. The van der Waals surface area contributed by atoms with Gasteiger partial charge < -0.3 is 9.94 Å². The lowest BCUT2D eigenvalue weighted by Crippen LogP contribution is -2.10. The van der Waals surface area contributed by atoms with E-state index in [4.69, 9.17) is 9.94 Å². The van der Waals surface area contributed by atoms with Crippen LogP contribution in [0.25, 0.3) is 0 Å². The van der Waals surface area contributed by atoms with Gasteiger partial charge in [-0.15, -0.1) is 0 Å². The Labute approximate surface area is 90.5 Å². The molecule has 0 aromatic heterocycles. The minimum absolute atomic E-state index is 0.0764. The lowest BCUT2D eigenvalue weighted by atomic mass is 9.97. The number of oxime groups is 1. The van der Waals surface area contributed by atoms with Crippen molar-refractivity contribution in [3.63, 3.8) is 0 Å². The number of benzene rings is 1. The second kappa shape index (κ2) is 3.61. The number of hydrogen-bond acceptors (Lipinski definition) is 3. The van der Waals surface area contributed by atoms with Gasteiger partial charge in [-0.2, -0.15) is 0 Å². The van der Waals surface area contributed by atoms with Crippen LogP contribution in [-0.4, -0.2) is 17.5 Å². The molecule has 1 aromatic rings. The summed E-state index contributed by atoms with van der Waals surface area (Å²) >= 11 is 3.41. The van der Waals surface area contributed by atoms with E-state index in [0.29, 0.717) is 12.3 Å². The van der Waals surface area contributed by atoms with Crippen LogP contribution < -0.4 is 4.74 Å². The normalized spacial score (nSPS) is 20.4. The molecule has 1 aliphatic rings. The van der Waals surface area contributed by atoms with Gasteiger partial charge in [0.15, 0.2) is 0 Å². The SMILES string of the molecule is C/C(=N\O)C1COc2ccc(Br)cc21. The van der Waals surface area contributed by atoms with E-state index in [9.17, 15) is 0 Å². The molecule has 4 heteroatoms. The molecule has 1 unspecified atom stereocenters. The highest BCUT2D eigenvalue weighted by molar-refractivity contribution is 9.10. The van der Waals surface area contributed by atoms with Gasteiger partial charge in [0.1, 0.15) is 12.4 Å². The van der Waals surface area contributed by atoms with E-state index >= 15 is 0 Å². The van der Waals surface area contributed by atoms with Gasteiger partial charge in [0, 0.05) is 10.0 Å². The van der Waals surface area contributed by atoms with E-state index in [2.05, 4.69) is 21.1 Å². The first-order valence-corrected chi connectivity index (χ1v) is 5.12. The van der Waals surface area contributed by atoms with Crippen molar-refractivity contribution in [2.45, 2.75) is 12.8 Å². The van der Waals surface area contributed by atoms with E-state index in [-0.39, 0.29) is 5.92 Å². The summed E-state index contributed by atoms with van der Waals surface area (Å²) in [4.78, 5) is 0. The molecule has 0 fully saturated rings. The first kappa shape index (κ1) is 9.52. The zero-order chi connectivity index (χ0) is 10.1. The van der Waals surface area contributed by atoms with Gasteiger partial charge in [-0.05, 0) is 25.1 Å². The molecule has 0 saturated heterocycles. The van der Waals surface area contributed by atoms with E-state index < -0.39 is 0 Å². The summed E-state index contributed by atoms with van der Waals surface area (Å²) in [5, 5.41) is 11.9. The predicted octanol–water partition coefficient (Wildman–Crippen LogP) is 2.78. The van der Waals surface area contributed by atoms with Gasteiger partial charge in [0.2, 0.25) is 0 Å². The number of halogens is 1. The fourth-order valence-corrected chi connectivity index (χ4v) is 1.98. The quantitative estimate of drug-likeness (QED) is 0.477. The Bertz CT molecular complexity index is 390. The minimum Gasteiger partial charge on any atom is -0.492 e. The highest BCUT2D eigenvalue weighted by Crippen LogP contribution is 2.36. The highest BCUT2D eigenvalue weighted by atomic mass is 79.9. The molecule has 0 amide bonds.